The maximum absolute atomic E-state index is 11.9. The van der Waals surface area contributed by atoms with E-state index in [1.807, 2.05) is 0 Å². The van der Waals surface area contributed by atoms with Gasteiger partial charge < -0.3 is 15.4 Å². The summed E-state index contributed by atoms with van der Waals surface area (Å²) in [6.07, 6.45) is -4.86. The van der Waals surface area contributed by atoms with Crippen molar-refractivity contribution in [1.82, 2.24) is 16.0 Å². The number of amides is 4. The minimum atomic E-state index is -4.62. The van der Waals surface area contributed by atoms with Crippen molar-refractivity contribution in [3.63, 3.8) is 0 Å². The molecule has 0 radical (unpaired) electrons. The second kappa shape index (κ2) is 10.1. The SMILES string of the molecule is CC(CC(=O)OCC(=O)NC(=O)NCC(F)(F)F)NC(=O)c1ccccc1. The van der Waals surface area contributed by atoms with E-state index in [2.05, 4.69) is 10.1 Å². The average Bonchev–Trinajstić information content (AvgIpc) is 2.58. The average molecular weight is 389 g/mol. The molecule has 1 aromatic rings. The summed E-state index contributed by atoms with van der Waals surface area (Å²) in [4.78, 5) is 45.9. The maximum atomic E-state index is 11.9. The largest absolute Gasteiger partial charge is 0.455 e. The van der Waals surface area contributed by atoms with Crippen LogP contribution in [0.5, 0.6) is 0 Å². The van der Waals surface area contributed by atoms with Gasteiger partial charge in [-0.1, -0.05) is 18.2 Å². The number of hydrogen-bond acceptors (Lipinski definition) is 5. The molecule has 0 fully saturated rings. The number of alkyl halides is 3. The van der Waals surface area contributed by atoms with Gasteiger partial charge in [0.1, 0.15) is 6.54 Å². The van der Waals surface area contributed by atoms with Crippen LogP contribution in [0.3, 0.4) is 0 Å². The zero-order chi connectivity index (χ0) is 20.4. The molecule has 0 aliphatic heterocycles. The van der Waals surface area contributed by atoms with Crippen LogP contribution in [0.4, 0.5) is 18.0 Å². The van der Waals surface area contributed by atoms with Crippen LogP contribution >= 0.6 is 0 Å². The van der Waals surface area contributed by atoms with Gasteiger partial charge in [0, 0.05) is 11.6 Å². The first-order valence-electron chi connectivity index (χ1n) is 7.73. The quantitative estimate of drug-likeness (QED) is 0.605. The topological polar surface area (TPSA) is 114 Å². The summed E-state index contributed by atoms with van der Waals surface area (Å²) >= 11 is 0. The van der Waals surface area contributed by atoms with E-state index in [-0.39, 0.29) is 6.42 Å². The summed E-state index contributed by atoms with van der Waals surface area (Å²) in [6, 6.07) is 6.32. The number of halogens is 3. The summed E-state index contributed by atoms with van der Waals surface area (Å²) in [7, 11) is 0. The van der Waals surface area contributed by atoms with Gasteiger partial charge in [-0.05, 0) is 19.1 Å². The van der Waals surface area contributed by atoms with E-state index in [0.717, 1.165) is 0 Å². The van der Waals surface area contributed by atoms with Gasteiger partial charge in [-0.15, -0.1) is 0 Å². The zero-order valence-corrected chi connectivity index (χ0v) is 14.3. The molecule has 0 heterocycles. The van der Waals surface area contributed by atoms with Crippen molar-refractivity contribution >= 4 is 23.8 Å². The molecule has 8 nitrogen and oxygen atoms in total. The number of carbonyl (C=O) groups is 4. The minimum absolute atomic E-state index is 0.244. The van der Waals surface area contributed by atoms with E-state index in [9.17, 15) is 32.3 Å². The second-order valence-corrected chi connectivity index (χ2v) is 5.45. The van der Waals surface area contributed by atoms with Crippen LogP contribution in [0, 0.1) is 0 Å². The Bertz CT molecular complexity index is 680. The normalized spacial score (nSPS) is 11.9. The van der Waals surface area contributed by atoms with Crippen LogP contribution in [-0.4, -0.2) is 49.2 Å². The summed E-state index contributed by atoms with van der Waals surface area (Å²) < 4.78 is 40.3. The number of carbonyl (C=O) groups excluding carboxylic acids is 4. The molecule has 0 aliphatic rings. The van der Waals surface area contributed by atoms with Crippen molar-refractivity contribution in [3.05, 3.63) is 35.9 Å². The number of ether oxygens (including phenoxy) is 1. The smallest absolute Gasteiger partial charge is 0.405 e. The lowest BCUT2D eigenvalue weighted by atomic mass is 10.2. The molecule has 11 heteroatoms. The molecule has 4 amide bonds. The van der Waals surface area contributed by atoms with E-state index < -0.39 is 49.2 Å². The Kier molecular flexibility index (Phi) is 8.24. The van der Waals surface area contributed by atoms with E-state index in [0.29, 0.717) is 5.56 Å². The van der Waals surface area contributed by atoms with Gasteiger partial charge >= 0.3 is 18.2 Å². The van der Waals surface area contributed by atoms with E-state index >= 15 is 0 Å². The van der Waals surface area contributed by atoms with Crippen LogP contribution in [0.2, 0.25) is 0 Å². The number of nitrogens with one attached hydrogen (secondary N) is 3. The number of urea groups is 1. The molecule has 3 N–H and O–H groups in total. The van der Waals surface area contributed by atoms with Gasteiger partial charge in [0.05, 0.1) is 6.42 Å². The van der Waals surface area contributed by atoms with Crippen LogP contribution in [0.15, 0.2) is 30.3 Å². The molecule has 0 spiro atoms. The van der Waals surface area contributed by atoms with E-state index in [1.165, 1.54) is 5.32 Å². The van der Waals surface area contributed by atoms with Gasteiger partial charge in [-0.25, -0.2) is 4.79 Å². The molecule has 1 rings (SSSR count). The number of imide groups is 1. The van der Waals surface area contributed by atoms with Gasteiger partial charge in [0.2, 0.25) is 0 Å². The highest BCUT2D eigenvalue weighted by Gasteiger charge is 2.28. The Morgan fingerprint density at radius 1 is 1.11 bits per heavy atom. The maximum Gasteiger partial charge on any atom is 0.405 e. The summed E-state index contributed by atoms with van der Waals surface area (Å²) in [5.74, 6) is -2.32. The molecule has 0 bridgehead atoms. The molecule has 1 atom stereocenters. The fourth-order valence-electron chi connectivity index (χ4n) is 1.79. The highest BCUT2D eigenvalue weighted by Crippen LogP contribution is 2.11. The lowest BCUT2D eigenvalue weighted by Gasteiger charge is -2.13. The van der Waals surface area contributed by atoms with Crippen LogP contribution < -0.4 is 16.0 Å². The monoisotopic (exact) mass is 389 g/mol. The molecule has 1 unspecified atom stereocenters. The van der Waals surface area contributed by atoms with E-state index in [4.69, 9.17) is 0 Å². The highest BCUT2D eigenvalue weighted by molar-refractivity contribution is 5.96. The molecule has 0 saturated heterocycles. The number of benzene rings is 1. The number of esters is 1. The Morgan fingerprint density at radius 3 is 2.33 bits per heavy atom. The first kappa shape index (κ1) is 21.9. The highest BCUT2D eigenvalue weighted by atomic mass is 19.4. The first-order chi connectivity index (χ1) is 12.6. The zero-order valence-electron chi connectivity index (χ0n) is 14.3. The van der Waals surface area contributed by atoms with Crippen molar-refractivity contribution in [2.45, 2.75) is 25.6 Å². The summed E-state index contributed by atoms with van der Waals surface area (Å²) in [5, 5.41) is 5.57. The third-order valence-electron chi connectivity index (χ3n) is 2.95. The van der Waals surface area contributed by atoms with Gasteiger partial charge in [0.15, 0.2) is 6.61 Å². The molecule has 0 aliphatic carbocycles. The number of rotatable bonds is 7. The first-order valence-corrected chi connectivity index (χ1v) is 7.73. The Hall–Kier alpha value is -3.11. The van der Waals surface area contributed by atoms with Gasteiger partial charge in [-0.2, -0.15) is 13.2 Å². The molecule has 27 heavy (non-hydrogen) atoms. The van der Waals surface area contributed by atoms with Crippen molar-refractivity contribution in [1.29, 1.82) is 0 Å². The predicted octanol–water partition coefficient (Wildman–Crippen LogP) is 1.13. The summed E-state index contributed by atoms with van der Waals surface area (Å²) in [5.41, 5.74) is 0.405. The fourth-order valence-corrected chi connectivity index (χ4v) is 1.79. The predicted molar refractivity (Wildman–Crippen MR) is 86.5 cm³/mol. The number of hydrogen-bond donors (Lipinski definition) is 3. The van der Waals surface area contributed by atoms with Crippen molar-refractivity contribution in [3.8, 4) is 0 Å². The Labute approximate surface area is 152 Å². The van der Waals surface area contributed by atoms with Crippen LogP contribution in [0.25, 0.3) is 0 Å². The molecule has 0 aromatic heterocycles. The standard InChI is InChI=1S/C16H18F3N3O5/c1-10(21-14(25)11-5-3-2-4-6-11)7-13(24)27-8-12(23)22-15(26)20-9-16(17,18)19/h2-6,10H,7-9H2,1H3,(H,21,25)(H2,20,22,23,26). The molecule has 148 valence electrons. The molecular weight excluding hydrogens is 371 g/mol. The van der Waals surface area contributed by atoms with Crippen molar-refractivity contribution in [2.75, 3.05) is 13.2 Å². The van der Waals surface area contributed by atoms with Gasteiger partial charge in [-0.3, -0.25) is 19.7 Å². The lowest BCUT2D eigenvalue weighted by Crippen LogP contribution is -2.44. The molecule has 1 aromatic carbocycles. The van der Waals surface area contributed by atoms with Crippen molar-refractivity contribution in [2.24, 2.45) is 0 Å². The van der Waals surface area contributed by atoms with Crippen LogP contribution in [0.1, 0.15) is 23.7 Å². The Balaban J connectivity index is 2.28. The lowest BCUT2D eigenvalue weighted by molar-refractivity contribution is -0.148. The van der Waals surface area contributed by atoms with Gasteiger partial charge in [0.25, 0.3) is 11.8 Å². The molecule has 0 saturated carbocycles. The Morgan fingerprint density at radius 2 is 1.74 bits per heavy atom. The van der Waals surface area contributed by atoms with E-state index in [1.54, 1.807) is 42.6 Å². The molecular formula is C16H18F3N3O5. The fraction of sp³-hybridized carbons (Fsp3) is 0.375. The summed E-state index contributed by atoms with van der Waals surface area (Å²) in [6.45, 7) is -0.908. The van der Waals surface area contributed by atoms with Crippen LogP contribution in [-0.2, 0) is 14.3 Å². The third-order valence-corrected chi connectivity index (χ3v) is 2.95. The van der Waals surface area contributed by atoms with Crippen molar-refractivity contribution < 1.29 is 37.1 Å². The minimum Gasteiger partial charge on any atom is -0.455 e. The second-order valence-electron chi connectivity index (χ2n) is 5.45. The third kappa shape index (κ3) is 9.82.